The van der Waals surface area contributed by atoms with Gasteiger partial charge in [0.05, 0.1) is 0 Å². The molecule has 1 saturated heterocycles. The zero-order chi connectivity index (χ0) is 8.59. The summed E-state index contributed by atoms with van der Waals surface area (Å²) in [6.45, 7) is 3.38. The number of imide groups is 3. The van der Waals surface area contributed by atoms with Gasteiger partial charge in [0, 0.05) is 12.3 Å². The lowest BCUT2D eigenvalue weighted by atomic mass is 10.1. The molecule has 0 aromatic carbocycles. The van der Waals surface area contributed by atoms with Crippen LogP contribution in [0.3, 0.4) is 0 Å². The average molecular weight is 155 g/mol. The predicted octanol–water partition coefficient (Wildman–Crippen LogP) is -0.726. The summed E-state index contributed by atoms with van der Waals surface area (Å²) in [6.07, 6.45) is -0.0260. The Morgan fingerprint density at radius 3 is 2.36 bits per heavy atom. The molecule has 0 saturated carbocycles. The fourth-order valence-electron chi connectivity index (χ4n) is 0.926. The van der Waals surface area contributed by atoms with Gasteiger partial charge in [0.15, 0.2) is 0 Å². The number of urea groups is 1. The Hall–Kier alpha value is -1.39. The summed E-state index contributed by atoms with van der Waals surface area (Å²) in [4.78, 5) is 32.6. The Kier molecular flexibility index (Phi) is 1.64. The number of rotatable bonds is 0. The average Bonchev–Trinajstić information content (AvgIpc) is 2.07. The Morgan fingerprint density at radius 1 is 1.64 bits per heavy atom. The van der Waals surface area contributed by atoms with Crippen molar-refractivity contribution in [2.45, 2.75) is 6.42 Å². The first-order valence-corrected chi connectivity index (χ1v) is 3.03. The quantitative estimate of drug-likeness (QED) is 0.468. The summed E-state index contributed by atoms with van der Waals surface area (Å²) >= 11 is 0. The fourth-order valence-corrected chi connectivity index (χ4v) is 0.926. The molecule has 2 N–H and O–H groups in total. The highest BCUT2D eigenvalue weighted by Gasteiger charge is 2.38. The van der Waals surface area contributed by atoms with E-state index in [1.165, 1.54) is 0 Å². The number of carbonyl (C=O) groups excluding carboxylic acids is 3. The van der Waals surface area contributed by atoms with Gasteiger partial charge in [-0.25, -0.2) is 9.69 Å². The molecule has 1 heterocycles. The molecule has 4 amide bonds. The minimum Gasteiger partial charge on any atom is -0.351 e. The summed E-state index contributed by atoms with van der Waals surface area (Å²) in [6, 6.07) is -1.02. The molecule has 5 nitrogen and oxygen atoms in total. The van der Waals surface area contributed by atoms with Crippen LogP contribution >= 0.6 is 0 Å². The minimum atomic E-state index is -1.02. The molecule has 5 heteroatoms. The second-order valence-corrected chi connectivity index (χ2v) is 2.31. The van der Waals surface area contributed by atoms with E-state index in [0.717, 1.165) is 0 Å². The van der Waals surface area contributed by atoms with Crippen LogP contribution in [0.1, 0.15) is 6.42 Å². The van der Waals surface area contributed by atoms with Gasteiger partial charge in [-0.1, -0.05) is 0 Å². The summed E-state index contributed by atoms with van der Waals surface area (Å²) in [7, 11) is 0. The molecule has 0 aromatic heterocycles. The van der Waals surface area contributed by atoms with Crippen LogP contribution in [-0.4, -0.2) is 22.7 Å². The maximum Gasteiger partial charge on any atom is 0.328 e. The highest BCUT2D eigenvalue weighted by Crippen LogP contribution is 2.17. The number of likely N-dealkylation sites (tertiary alicyclic amines) is 1. The molecule has 0 spiro atoms. The Labute approximate surface area is 63.1 Å². The largest absolute Gasteiger partial charge is 0.351 e. The van der Waals surface area contributed by atoms with Gasteiger partial charge in [-0.15, -0.1) is 0 Å². The van der Waals surface area contributed by atoms with Crippen LogP contribution in [0.15, 0.2) is 0 Å². The number of hydrogen-bond acceptors (Lipinski definition) is 3. The topological polar surface area (TPSA) is 80.5 Å². The van der Waals surface area contributed by atoms with Crippen molar-refractivity contribution in [1.82, 2.24) is 4.90 Å². The molecule has 1 aliphatic rings. The lowest BCUT2D eigenvalue weighted by Crippen LogP contribution is -2.40. The highest BCUT2D eigenvalue weighted by atomic mass is 16.2. The van der Waals surface area contributed by atoms with Gasteiger partial charge in [0.1, 0.15) is 0 Å². The first kappa shape index (κ1) is 7.71. The van der Waals surface area contributed by atoms with E-state index >= 15 is 0 Å². The van der Waals surface area contributed by atoms with Crippen molar-refractivity contribution in [3.05, 3.63) is 6.92 Å². The van der Waals surface area contributed by atoms with E-state index in [-0.39, 0.29) is 6.42 Å². The second kappa shape index (κ2) is 2.34. The standard InChI is InChI=1S/C6H7N2O3/c1-3-2-4(9)8(5(3)10)6(7)11/h3H,1-2H2,(H2,7,11)/t3-/m1/s1. The van der Waals surface area contributed by atoms with Crippen LogP contribution in [0.2, 0.25) is 0 Å². The molecular weight excluding hydrogens is 148 g/mol. The Morgan fingerprint density at radius 2 is 2.18 bits per heavy atom. The number of carbonyl (C=O) groups is 3. The minimum absolute atomic E-state index is 0.0260. The summed E-state index contributed by atoms with van der Waals surface area (Å²) in [5.41, 5.74) is 4.76. The number of hydrogen-bond donors (Lipinski definition) is 1. The third-order valence-corrected chi connectivity index (χ3v) is 1.46. The van der Waals surface area contributed by atoms with E-state index in [1.807, 2.05) is 0 Å². The Balaban J connectivity index is 2.88. The van der Waals surface area contributed by atoms with Crippen LogP contribution in [0.5, 0.6) is 0 Å². The zero-order valence-corrected chi connectivity index (χ0v) is 5.74. The molecule has 1 fully saturated rings. The molecule has 11 heavy (non-hydrogen) atoms. The number of primary amides is 1. The Bertz CT molecular complexity index is 236. The van der Waals surface area contributed by atoms with Crippen molar-refractivity contribution in [2.24, 2.45) is 11.7 Å². The maximum atomic E-state index is 10.9. The van der Waals surface area contributed by atoms with Crippen molar-refractivity contribution in [2.75, 3.05) is 0 Å². The molecule has 1 rings (SSSR count). The third kappa shape index (κ3) is 1.09. The van der Waals surface area contributed by atoms with E-state index in [2.05, 4.69) is 6.92 Å². The predicted molar refractivity (Wildman–Crippen MR) is 34.9 cm³/mol. The molecule has 1 aliphatic heterocycles. The van der Waals surface area contributed by atoms with E-state index in [4.69, 9.17) is 5.73 Å². The van der Waals surface area contributed by atoms with Crippen molar-refractivity contribution in [3.63, 3.8) is 0 Å². The summed E-state index contributed by atoms with van der Waals surface area (Å²) < 4.78 is 0. The first-order valence-electron chi connectivity index (χ1n) is 3.03. The van der Waals surface area contributed by atoms with Gasteiger partial charge in [0.2, 0.25) is 11.8 Å². The number of nitrogens with zero attached hydrogens (tertiary/aromatic N) is 1. The van der Waals surface area contributed by atoms with Gasteiger partial charge in [0.25, 0.3) is 0 Å². The highest BCUT2D eigenvalue weighted by molar-refractivity contribution is 6.15. The van der Waals surface area contributed by atoms with Crippen molar-refractivity contribution in [1.29, 1.82) is 0 Å². The van der Waals surface area contributed by atoms with Crippen LogP contribution < -0.4 is 5.73 Å². The maximum absolute atomic E-state index is 10.9. The lowest BCUT2D eigenvalue weighted by Gasteiger charge is -2.06. The van der Waals surface area contributed by atoms with E-state index in [9.17, 15) is 14.4 Å². The molecular formula is C6H7N2O3. The van der Waals surface area contributed by atoms with Gasteiger partial charge in [-0.3, -0.25) is 9.59 Å². The third-order valence-electron chi connectivity index (χ3n) is 1.46. The number of nitrogens with two attached hydrogens (primary N) is 1. The van der Waals surface area contributed by atoms with Gasteiger partial charge in [-0.2, -0.15) is 0 Å². The van der Waals surface area contributed by atoms with E-state index < -0.39 is 23.8 Å². The van der Waals surface area contributed by atoms with Crippen LogP contribution in [0.25, 0.3) is 0 Å². The smallest absolute Gasteiger partial charge is 0.328 e. The van der Waals surface area contributed by atoms with E-state index in [1.54, 1.807) is 0 Å². The second-order valence-electron chi connectivity index (χ2n) is 2.31. The fraction of sp³-hybridized carbons (Fsp3) is 0.333. The van der Waals surface area contributed by atoms with Gasteiger partial charge < -0.3 is 5.73 Å². The van der Waals surface area contributed by atoms with Crippen molar-refractivity contribution >= 4 is 17.8 Å². The van der Waals surface area contributed by atoms with Crippen LogP contribution in [-0.2, 0) is 9.59 Å². The number of amides is 4. The molecule has 59 valence electrons. The van der Waals surface area contributed by atoms with Crippen molar-refractivity contribution in [3.8, 4) is 0 Å². The monoisotopic (exact) mass is 155 g/mol. The molecule has 1 atom stereocenters. The SMILES string of the molecule is [CH2][C@@H]1CC(=O)N(C(N)=O)C1=O. The van der Waals surface area contributed by atoms with Gasteiger partial charge in [-0.05, 0) is 6.92 Å². The van der Waals surface area contributed by atoms with Crippen molar-refractivity contribution < 1.29 is 14.4 Å². The molecule has 0 aliphatic carbocycles. The first-order chi connectivity index (χ1) is 5.04. The van der Waals surface area contributed by atoms with Crippen LogP contribution in [0.4, 0.5) is 4.79 Å². The zero-order valence-electron chi connectivity index (χ0n) is 5.74. The summed E-state index contributed by atoms with van der Waals surface area (Å²) in [5.74, 6) is -1.83. The normalized spacial score (nSPS) is 24.5. The van der Waals surface area contributed by atoms with Gasteiger partial charge >= 0.3 is 6.03 Å². The molecule has 0 unspecified atom stereocenters. The molecule has 1 radical (unpaired) electrons. The van der Waals surface area contributed by atoms with Crippen LogP contribution in [0, 0.1) is 12.8 Å². The lowest BCUT2D eigenvalue weighted by molar-refractivity contribution is -0.135. The van der Waals surface area contributed by atoms with E-state index in [0.29, 0.717) is 4.90 Å². The molecule has 0 bridgehead atoms. The summed E-state index contributed by atoms with van der Waals surface area (Å²) in [5, 5.41) is 0. The molecule has 0 aromatic rings.